The van der Waals surface area contributed by atoms with Gasteiger partial charge in [0.1, 0.15) is 0 Å². The van der Waals surface area contributed by atoms with Crippen LogP contribution >= 0.6 is 22.9 Å². The van der Waals surface area contributed by atoms with Crippen LogP contribution in [0, 0.1) is 13.8 Å². The molecule has 3 nitrogen and oxygen atoms in total. The Morgan fingerprint density at radius 1 is 1.15 bits per heavy atom. The van der Waals surface area contributed by atoms with E-state index in [1.807, 2.05) is 44.2 Å². The number of nitrogens with two attached hydrogens (primary N) is 1. The van der Waals surface area contributed by atoms with Gasteiger partial charge in [-0.05, 0) is 43.7 Å². The number of fused-ring (bicyclic) bond motifs is 1. The van der Waals surface area contributed by atoms with E-state index in [0.717, 1.165) is 32.2 Å². The average molecular weight is 304 g/mol. The van der Waals surface area contributed by atoms with Crippen LogP contribution in [0.1, 0.15) is 10.6 Å². The molecule has 3 rings (SSSR count). The summed E-state index contributed by atoms with van der Waals surface area (Å²) in [6, 6.07) is 9.77. The van der Waals surface area contributed by atoms with Crippen LogP contribution < -0.4 is 11.1 Å². The van der Waals surface area contributed by atoms with Crippen LogP contribution in [0.3, 0.4) is 0 Å². The van der Waals surface area contributed by atoms with Crippen LogP contribution in [0.15, 0.2) is 30.3 Å². The van der Waals surface area contributed by atoms with Crippen molar-refractivity contribution < 1.29 is 0 Å². The van der Waals surface area contributed by atoms with Crippen molar-refractivity contribution in [1.29, 1.82) is 0 Å². The lowest BCUT2D eigenvalue weighted by Crippen LogP contribution is -1.97. The standard InChI is InChI=1S/C15H14ClN3S/c1-8-3-4-10(16)12(5-8)19-13-7-14-15(6-11(13)17)20-9(2)18-14/h3-7,19H,17H2,1-2H3. The number of hydrogen-bond donors (Lipinski definition) is 2. The lowest BCUT2D eigenvalue weighted by molar-refractivity contribution is 1.35. The summed E-state index contributed by atoms with van der Waals surface area (Å²) in [5, 5.41) is 4.99. The molecule has 5 heteroatoms. The van der Waals surface area contributed by atoms with E-state index in [-0.39, 0.29) is 0 Å². The first-order chi connectivity index (χ1) is 9.52. The number of nitrogens with zero attached hydrogens (tertiary/aromatic N) is 1. The fourth-order valence-corrected chi connectivity index (χ4v) is 3.12. The third-order valence-corrected chi connectivity index (χ3v) is 4.32. The Morgan fingerprint density at radius 2 is 1.95 bits per heavy atom. The Kier molecular flexibility index (Phi) is 3.28. The number of hydrogen-bond acceptors (Lipinski definition) is 4. The number of benzene rings is 2. The van der Waals surface area contributed by atoms with Crippen molar-refractivity contribution >= 4 is 50.2 Å². The number of halogens is 1. The van der Waals surface area contributed by atoms with E-state index in [2.05, 4.69) is 10.3 Å². The van der Waals surface area contributed by atoms with E-state index in [4.69, 9.17) is 17.3 Å². The lowest BCUT2D eigenvalue weighted by Gasteiger charge is -2.11. The van der Waals surface area contributed by atoms with E-state index in [1.54, 1.807) is 11.3 Å². The zero-order valence-electron chi connectivity index (χ0n) is 11.2. The topological polar surface area (TPSA) is 50.9 Å². The van der Waals surface area contributed by atoms with Crippen LogP contribution in [0.4, 0.5) is 17.1 Å². The predicted octanol–water partition coefficient (Wildman–Crippen LogP) is 4.89. The highest BCUT2D eigenvalue weighted by molar-refractivity contribution is 7.18. The van der Waals surface area contributed by atoms with Crippen molar-refractivity contribution in [3.63, 3.8) is 0 Å². The van der Waals surface area contributed by atoms with Gasteiger partial charge in [0.25, 0.3) is 0 Å². The molecule has 0 spiro atoms. The van der Waals surface area contributed by atoms with Crippen molar-refractivity contribution in [1.82, 2.24) is 4.98 Å². The van der Waals surface area contributed by atoms with Gasteiger partial charge in [0.15, 0.2) is 0 Å². The van der Waals surface area contributed by atoms with Crippen LogP contribution in [0.5, 0.6) is 0 Å². The molecule has 0 aliphatic rings. The molecule has 0 amide bonds. The normalized spacial score (nSPS) is 10.9. The summed E-state index contributed by atoms with van der Waals surface area (Å²) in [6.45, 7) is 4.02. The molecule has 102 valence electrons. The Bertz CT molecular complexity index is 795. The zero-order valence-corrected chi connectivity index (χ0v) is 12.8. The number of nitrogens with one attached hydrogen (secondary N) is 1. The molecule has 0 aliphatic carbocycles. The van der Waals surface area contributed by atoms with E-state index < -0.39 is 0 Å². The van der Waals surface area contributed by atoms with Crippen molar-refractivity contribution in [2.75, 3.05) is 11.1 Å². The minimum absolute atomic E-state index is 0.671. The van der Waals surface area contributed by atoms with E-state index in [1.165, 1.54) is 0 Å². The molecule has 0 unspecified atom stereocenters. The van der Waals surface area contributed by atoms with Crippen LogP contribution in [0.25, 0.3) is 10.2 Å². The quantitative estimate of drug-likeness (QED) is 0.663. The van der Waals surface area contributed by atoms with E-state index >= 15 is 0 Å². The monoisotopic (exact) mass is 303 g/mol. The molecule has 1 aromatic heterocycles. The smallest absolute Gasteiger partial charge is 0.0907 e. The van der Waals surface area contributed by atoms with Gasteiger partial charge in [-0.2, -0.15) is 0 Å². The molecule has 0 atom stereocenters. The Hall–Kier alpha value is -1.78. The first-order valence-electron chi connectivity index (χ1n) is 6.23. The van der Waals surface area contributed by atoms with Crippen molar-refractivity contribution in [2.45, 2.75) is 13.8 Å². The van der Waals surface area contributed by atoms with E-state index in [9.17, 15) is 0 Å². The van der Waals surface area contributed by atoms with E-state index in [0.29, 0.717) is 10.7 Å². The molecule has 0 fully saturated rings. The SMILES string of the molecule is Cc1ccc(Cl)c(Nc2cc3nc(C)sc3cc2N)c1. The van der Waals surface area contributed by atoms with Crippen molar-refractivity contribution in [3.05, 3.63) is 45.9 Å². The Balaban J connectivity index is 2.05. The molecule has 3 aromatic rings. The van der Waals surface area contributed by atoms with Crippen LogP contribution in [-0.2, 0) is 0 Å². The molecular formula is C15H14ClN3S. The molecule has 0 saturated heterocycles. The molecule has 20 heavy (non-hydrogen) atoms. The highest BCUT2D eigenvalue weighted by atomic mass is 35.5. The molecule has 0 bridgehead atoms. The van der Waals surface area contributed by atoms with Gasteiger partial charge < -0.3 is 11.1 Å². The molecule has 2 aromatic carbocycles. The molecule has 0 aliphatic heterocycles. The first kappa shape index (κ1) is 13.2. The number of rotatable bonds is 2. The fourth-order valence-electron chi connectivity index (χ4n) is 2.09. The molecular weight excluding hydrogens is 290 g/mol. The second kappa shape index (κ2) is 4.96. The minimum Gasteiger partial charge on any atom is -0.397 e. The summed E-state index contributed by atoms with van der Waals surface area (Å²) in [4.78, 5) is 4.49. The third-order valence-electron chi connectivity index (χ3n) is 3.06. The molecule has 3 N–H and O–H groups in total. The molecule has 1 heterocycles. The van der Waals surface area contributed by atoms with Crippen molar-refractivity contribution in [3.8, 4) is 0 Å². The fraction of sp³-hybridized carbons (Fsp3) is 0.133. The maximum absolute atomic E-state index is 6.20. The van der Waals surface area contributed by atoms with Crippen molar-refractivity contribution in [2.24, 2.45) is 0 Å². The van der Waals surface area contributed by atoms with Gasteiger partial charge in [0.2, 0.25) is 0 Å². The number of nitrogen functional groups attached to an aromatic ring is 1. The van der Waals surface area contributed by atoms with Gasteiger partial charge in [0.05, 0.1) is 37.3 Å². The summed E-state index contributed by atoms with van der Waals surface area (Å²) in [5.41, 5.74) is 10.6. The summed E-state index contributed by atoms with van der Waals surface area (Å²) in [6.07, 6.45) is 0. The van der Waals surface area contributed by atoms with Gasteiger partial charge >= 0.3 is 0 Å². The minimum atomic E-state index is 0.671. The van der Waals surface area contributed by atoms with Gasteiger partial charge in [0, 0.05) is 0 Å². The van der Waals surface area contributed by atoms with Gasteiger partial charge in [-0.1, -0.05) is 17.7 Å². The lowest BCUT2D eigenvalue weighted by atomic mass is 10.2. The number of aryl methyl sites for hydroxylation is 2. The summed E-state index contributed by atoms with van der Waals surface area (Å²) < 4.78 is 1.10. The Morgan fingerprint density at radius 3 is 2.75 bits per heavy atom. The second-order valence-corrected chi connectivity index (χ2v) is 6.39. The number of thiazole rings is 1. The first-order valence-corrected chi connectivity index (χ1v) is 7.42. The Labute approximate surface area is 126 Å². The summed E-state index contributed by atoms with van der Waals surface area (Å²) in [5.74, 6) is 0. The summed E-state index contributed by atoms with van der Waals surface area (Å²) in [7, 11) is 0. The highest BCUT2D eigenvalue weighted by Crippen LogP contribution is 2.33. The van der Waals surface area contributed by atoms with Crippen LogP contribution in [0.2, 0.25) is 5.02 Å². The second-order valence-electron chi connectivity index (χ2n) is 4.75. The van der Waals surface area contributed by atoms with Gasteiger partial charge in [-0.25, -0.2) is 4.98 Å². The number of aromatic nitrogens is 1. The van der Waals surface area contributed by atoms with Crippen LogP contribution in [-0.4, -0.2) is 4.98 Å². The average Bonchev–Trinajstić information content (AvgIpc) is 2.73. The predicted molar refractivity (Wildman–Crippen MR) is 88.2 cm³/mol. The zero-order chi connectivity index (χ0) is 14.3. The maximum atomic E-state index is 6.20. The summed E-state index contributed by atoms with van der Waals surface area (Å²) >= 11 is 7.85. The van der Waals surface area contributed by atoms with Gasteiger partial charge in [-0.3, -0.25) is 0 Å². The maximum Gasteiger partial charge on any atom is 0.0907 e. The third kappa shape index (κ3) is 2.44. The highest BCUT2D eigenvalue weighted by Gasteiger charge is 2.08. The molecule has 0 saturated carbocycles. The number of anilines is 3. The molecule has 0 radical (unpaired) electrons. The van der Waals surface area contributed by atoms with Gasteiger partial charge in [-0.15, -0.1) is 11.3 Å². The largest absolute Gasteiger partial charge is 0.397 e.